The summed E-state index contributed by atoms with van der Waals surface area (Å²) in [5, 5.41) is 9.00. The number of carboxylic acid groups (broad SMARTS) is 1. The summed E-state index contributed by atoms with van der Waals surface area (Å²) in [6.07, 6.45) is 1.57. The molecule has 1 aromatic carbocycles. The van der Waals surface area contributed by atoms with Crippen molar-refractivity contribution in [2.24, 2.45) is 5.92 Å². The maximum Gasteiger partial charge on any atom is 0.335 e. The zero-order valence-electron chi connectivity index (χ0n) is 11.2. The number of hydrogen-bond donors (Lipinski definition) is 1. The van der Waals surface area contributed by atoms with Crippen LogP contribution in [0.1, 0.15) is 34.3 Å². The van der Waals surface area contributed by atoms with E-state index in [0.717, 1.165) is 24.0 Å². The minimum atomic E-state index is -0.929. The normalized spacial score (nSPS) is 18.9. The van der Waals surface area contributed by atoms with E-state index in [4.69, 9.17) is 9.84 Å². The largest absolute Gasteiger partial charge is 0.478 e. The first kappa shape index (κ1) is 13.1. The monoisotopic (exact) mass is 275 g/mol. The molecule has 0 aromatic heterocycles. The topological polar surface area (TPSA) is 66.8 Å². The van der Waals surface area contributed by atoms with Gasteiger partial charge in [0.1, 0.15) is 0 Å². The van der Waals surface area contributed by atoms with Crippen molar-refractivity contribution >= 4 is 11.9 Å². The van der Waals surface area contributed by atoms with Gasteiger partial charge in [-0.1, -0.05) is 6.07 Å². The summed E-state index contributed by atoms with van der Waals surface area (Å²) < 4.78 is 5.28. The van der Waals surface area contributed by atoms with E-state index >= 15 is 0 Å². The first-order valence-corrected chi connectivity index (χ1v) is 6.87. The van der Waals surface area contributed by atoms with Crippen LogP contribution in [0.3, 0.4) is 0 Å². The molecule has 20 heavy (non-hydrogen) atoms. The molecule has 106 valence electrons. The minimum absolute atomic E-state index is 0.0528. The zero-order chi connectivity index (χ0) is 14.1. The smallest absolute Gasteiger partial charge is 0.335 e. The van der Waals surface area contributed by atoms with E-state index in [1.165, 1.54) is 0 Å². The molecule has 0 spiro atoms. The van der Waals surface area contributed by atoms with Crippen molar-refractivity contribution < 1.29 is 19.4 Å². The number of fused-ring (bicyclic) bond motifs is 1. The molecule has 1 amide bonds. The molecule has 0 atom stereocenters. The van der Waals surface area contributed by atoms with E-state index in [1.54, 1.807) is 12.1 Å². The summed E-state index contributed by atoms with van der Waals surface area (Å²) >= 11 is 0. The van der Waals surface area contributed by atoms with E-state index in [2.05, 4.69) is 0 Å². The van der Waals surface area contributed by atoms with Crippen LogP contribution in [0.15, 0.2) is 18.2 Å². The van der Waals surface area contributed by atoms with Crippen molar-refractivity contribution in [3.63, 3.8) is 0 Å². The van der Waals surface area contributed by atoms with Gasteiger partial charge in [-0.3, -0.25) is 4.79 Å². The van der Waals surface area contributed by atoms with E-state index in [1.807, 2.05) is 11.0 Å². The van der Waals surface area contributed by atoms with Crippen molar-refractivity contribution in [3.8, 4) is 0 Å². The number of carbonyl (C=O) groups excluding carboxylic acids is 1. The Bertz CT molecular complexity index is 549. The lowest BCUT2D eigenvalue weighted by Gasteiger charge is -2.26. The highest BCUT2D eigenvalue weighted by Gasteiger charge is 2.30. The Hall–Kier alpha value is -1.88. The van der Waals surface area contributed by atoms with Gasteiger partial charge in [0.15, 0.2) is 0 Å². The molecule has 2 heterocycles. The number of nitrogens with zero attached hydrogens (tertiary/aromatic N) is 1. The minimum Gasteiger partial charge on any atom is -0.478 e. The molecule has 5 heteroatoms. The first-order valence-electron chi connectivity index (χ1n) is 6.87. The quantitative estimate of drug-likeness (QED) is 0.891. The van der Waals surface area contributed by atoms with Gasteiger partial charge in [0.25, 0.3) is 0 Å². The van der Waals surface area contributed by atoms with Crippen LogP contribution in [-0.2, 0) is 22.6 Å². The van der Waals surface area contributed by atoms with E-state index in [9.17, 15) is 9.59 Å². The van der Waals surface area contributed by atoms with Crippen LogP contribution in [0.25, 0.3) is 0 Å². The van der Waals surface area contributed by atoms with E-state index in [0.29, 0.717) is 26.3 Å². The Balaban J connectivity index is 1.73. The standard InChI is InChI=1S/C15H17NO4/c17-14(10-3-5-20-6-4-10)16-8-12-2-1-11(15(18)19)7-13(12)9-16/h1-2,7,10H,3-6,8-9H2,(H,18,19). The molecular weight excluding hydrogens is 258 g/mol. The fraction of sp³-hybridized carbons (Fsp3) is 0.467. The van der Waals surface area contributed by atoms with E-state index < -0.39 is 5.97 Å². The number of rotatable bonds is 2. The van der Waals surface area contributed by atoms with Crippen LogP contribution in [0.5, 0.6) is 0 Å². The van der Waals surface area contributed by atoms with Gasteiger partial charge >= 0.3 is 5.97 Å². The summed E-state index contributed by atoms with van der Waals surface area (Å²) in [5.74, 6) is -0.708. The van der Waals surface area contributed by atoms with Gasteiger partial charge in [0.05, 0.1) is 5.56 Å². The van der Waals surface area contributed by atoms with Crippen LogP contribution >= 0.6 is 0 Å². The molecule has 1 aromatic rings. The molecule has 1 saturated heterocycles. The molecule has 1 N–H and O–H groups in total. The van der Waals surface area contributed by atoms with E-state index in [-0.39, 0.29) is 17.4 Å². The number of ether oxygens (including phenoxy) is 1. The number of benzene rings is 1. The highest BCUT2D eigenvalue weighted by molar-refractivity contribution is 5.88. The number of aromatic carboxylic acids is 1. The number of carboxylic acids is 1. The maximum absolute atomic E-state index is 12.4. The Morgan fingerprint density at radius 2 is 1.85 bits per heavy atom. The van der Waals surface area contributed by atoms with Gasteiger partial charge in [-0.25, -0.2) is 4.79 Å². The Labute approximate surface area is 117 Å². The van der Waals surface area contributed by atoms with Crippen LogP contribution < -0.4 is 0 Å². The fourth-order valence-electron chi connectivity index (χ4n) is 2.89. The maximum atomic E-state index is 12.4. The van der Waals surface area contributed by atoms with Gasteiger partial charge < -0.3 is 14.7 Å². The SMILES string of the molecule is O=C(O)c1ccc2c(c1)CN(C(=O)C1CCOCC1)C2. The molecule has 2 aliphatic heterocycles. The van der Waals surface area contributed by atoms with Crippen LogP contribution in [0.4, 0.5) is 0 Å². The average Bonchev–Trinajstić information content (AvgIpc) is 2.90. The third kappa shape index (κ3) is 2.41. The van der Waals surface area contributed by atoms with Crippen LogP contribution in [0, 0.1) is 5.92 Å². The molecule has 0 saturated carbocycles. The second-order valence-corrected chi connectivity index (χ2v) is 5.37. The Kier molecular flexibility index (Phi) is 3.44. The number of amides is 1. The van der Waals surface area contributed by atoms with Crippen LogP contribution in [0.2, 0.25) is 0 Å². The van der Waals surface area contributed by atoms with Gasteiger partial charge in [0.2, 0.25) is 5.91 Å². The molecular formula is C15H17NO4. The zero-order valence-corrected chi connectivity index (χ0v) is 11.2. The number of carbonyl (C=O) groups is 2. The summed E-state index contributed by atoms with van der Waals surface area (Å²) in [6, 6.07) is 5.09. The molecule has 0 unspecified atom stereocenters. The molecule has 1 fully saturated rings. The second kappa shape index (κ2) is 5.25. The number of hydrogen-bond acceptors (Lipinski definition) is 3. The lowest BCUT2D eigenvalue weighted by molar-refractivity contribution is -0.139. The summed E-state index contributed by atoms with van der Waals surface area (Å²) in [6.45, 7) is 2.42. The van der Waals surface area contributed by atoms with Crippen molar-refractivity contribution in [2.75, 3.05) is 13.2 Å². The van der Waals surface area contributed by atoms with Crippen molar-refractivity contribution in [1.29, 1.82) is 0 Å². The van der Waals surface area contributed by atoms with Crippen molar-refractivity contribution in [3.05, 3.63) is 34.9 Å². The predicted octanol–water partition coefficient (Wildman–Crippen LogP) is 1.65. The highest BCUT2D eigenvalue weighted by Crippen LogP contribution is 2.27. The second-order valence-electron chi connectivity index (χ2n) is 5.37. The summed E-state index contributed by atoms with van der Waals surface area (Å²) in [4.78, 5) is 25.2. The highest BCUT2D eigenvalue weighted by atomic mass is 16.5. The molecule has 0 radical (unpaired) electrons. The summed E-state index contributed by atoms with van der Waals surface area (Å²) in [5.41, 5.74) is 2.28. The fourth-order valence-corrected chi connectivity index (χ4v) is 2.89. The lowest BCUT2D eigenvalue weighted by Crippen LogP contribution is -2.35. The van der Waals surface area contributed by atoms with Crippen LogP contribution in [-0.4, -0.2) is 35.1 Å². The van der Waals surface area contributed by atoms with Gasteiger partial charge in [-0.2, -0.15) is 0 Å². The predicted molar refractivity (Wildman–Crippen MR) is 71.2 cm³/mol. The molecule has 2 aliphatic rings. The lowest BCUT2D eigenvalue weighted by atomic mass is 9.99. The summed E-state index contributed by atoms with van der Waals surface area (Å²) in [7, 11) is 0. The third-order valence-corrected chi connectivity index (χ3v) is 4.06. The average molecular weight is 275 g/mol. The Morgan fingerprint density at radius 1 is 1.15 bits per heavy atom. The van der Waals surface area contributed by atoms with Crippen molar-refractivity contribution in [2.45, 2.75) is 25.9 Å². The molecule has 0 aliphatic carbocycles. The van der Waals surface area contributed by atoms with Crippen molar-refractivity contribution in [1.82, 2.24) is 4.90 Å². The van der Waals surface area contributed by atoms with Gasteiger partial charge in [0, 0.05) is 32.2 Å². The van der Waals surface area contributed by atoms with Gasteiger partial charge in [-0.05, 0) is 36.1 Å². The molecule has 3 rings (SSSR count). The Morgan fingerprint density at radius 3 is 2.55 bits per heavy atom. The molecule has 5 nitrogen and oxygen atoms in total. The van der Waals surface area contributed by atoms with Gasteiger partial charge in [-0.15, -0.1) is 0 Å². The molecule has 0 bridgehead atoms. The first-order chi connectivity index (χ1) is 9.65. The third-order valence-electron chi connectivity index (χ3n) is 4.06.